The average Bonchev–Trinajstić information content (AvgIpc) is 2.81. The number of rotatable bonds is 6. The normalized spacial score (nSPS) is 17.7. The Bertz CT molecular complexity index is 501. The monoisotopic (exact) mass is 316 g/mol. The Hall–Kier alpha value is -1.54. The van der Waals surface area contributed by atoms with Crippen LogP contribution in [0.4, 0.5) is 8.78 Å². The van der Waals surface area contributed by atoms with Crippen molar-refractivity contribution in [3.8, 4) is 0 Å². The van der Waals surface area contributed by atoms with Crippen LogP contribution in [0.15, 0.2) is 6.07 Å². The molecule has 1 aromatic rings. The first-order chi connectivity index (χ1) is 10.5. The SMILES string of the molecule is Cc1cc(C(F)F)nn1CC(=O)N[C@H](C)CN1CCOCC1. The molecule has 0 saturated carbocycles. The van der Waals surface area contributed by atoms with Crippen LogP contribution >= 0.6 is 0 Å². The van der Waals surface area contributed by atoms with Crippen LogP contribution < -0.4 is 5.32 Å². The zero-order chi connectivity index (χ0) is 16.1. The summed E-state index contributed by atoms with van der Waals surface area (Å²) in [5.74, 6) is -0.229. The molecule has 6 nitrogen and oxygen atoms in total. The van der Waals surface area contributed by atoms with Gasteiger partial charge in [0, 0.05) is 31.4 Å². The van der Waals surface area contributed by atoms with Crippen LogP contribution in [-0.4, -0.2) is 59.5 Å². The van der Waals surface area contributed by atoms with Crippen LogP contribution in [0.1, 0.15) is 24.7 Å². The summed E-state index contributed by atoms with van der Waals surface area (Å²) in [6.07, 6.45) is -2.62. The predicted molar refractivity (Wildman–Crippen MR) is 76.8 cm³/mol. The molecule has 0 spiro atoms. The van der Waals surface area contributed by atoms with E-state index in [0.29, 0.717) is 18.9 Å². The first kappa shape index (κ1) is 16.8. The number of hydrogen-bond donors (Lipinski definition) is 1. The van der Waals surface area contributed by atoms with E-state index in [0.717, 1.165) is 19.6 Å². The van der Waals surface area contributed by atoms with Gasteiger partial charge in [0.25, 0.3) is 6.43 Å². The molecule has 1 aromatic heterocycles. The minimum atomic E-state index is -2.62. The number of aryl methyl sites for hydroxylation is 1. The molecule has 8 heteroatoms. The second kappa shape index (κ2) is 7.64. The number of hydrogen-bond acceptors (Lipinski definition) is 4. The molecule has 0 bridgehead atoms. The van der Waals surface area contributed by atoms with Crippen molar-refractivity contribution < 1.29 is 18.3 Å². The number of aromatic nitrogens is 2. The highest BCUT2D eigenvalue weighted by Gasteiger charge is 2.17. The Kier molecular flexibility index (Phi) is 5.84. The number of amides is 1. The summed E-state index contributed by atoms with van der Waals surface area (Å²) < 4.78 is 31.7. The van der Waals surface area contributed by atoms with Crippen LogP contribution in [0.2, 0.25) is 0 Å². The molecule has 124 valence electrons. The van der Waals surface area contributed by atoms with E-state index >= 15 is 0 Å². The zero-order valence-corrected chi connectivity index (χ0v) is 12.9. The molecule has 1 atom stereocenters. The minimum Gasteiger partial charge on any atom is -0.379 e. The van der Waals surface area contributed by atoms with Crippen molar-refractivity contribution in [3.63, 3.8) is 0 Å². The van der Waals surface area contributed by atoms with Gasteiger partial charge in [0.15, 0.2) is 0 Å². The summed E-state index contributed by atoms with van der Waals surface area (Å²) in [7, 11) is 0. The van der Waals surface area contributed by atoms with Gasteiger partial charge in [0.1, 0.15) is 12.2 Å². The van der Waals surface area contributed by atoms with Crippen LogP contribution in [0.5, 0.6) is 0 Å². The maximum atomic E-state index is 12.6. The van der Waals surface area contributed by atoms with Crippen molar-refractivity contribution in [1.82, 2.24) is 20.0 Å². The van der Waals surface area contributed by atoms with E-state index < -0.39 is 6.43 Å². The number of carbonyl (C=O) groups excluding carboxylic acids is 1. The largest absolute Gasteiger partial charge is 0.379 e. The molecule has 1 aliphatic heterocycles. The summed E-state index contributed by atoms with van der Waals surface area (Å²) in [6, 6.07) is 1.28. The Morgan fingerprint density at radius 3 is 2.73 bits per heavy atom. The van der Waals surface area contributed by atoms with Gasteiger partial charge in [-0.2, -0.15) is 5.10 Å². The lowest BCUT2D eigenvalue weighted by Gasteiger charge is -2.29. The molecule has 0 aromatic carbocycles. The fourth-order valence-corrected chi connectivity index (χ4v) is 2.48. The highest BCUT2D eigenvalue weighted by atomic mass is 19.3. The summed E-state index contributed by atoms with van der Waals surface area (Å²) in [5.41, 5.74) is 0.248. The Morgan fingerprint density at radius 1 is 1.45 bits per heavy atom. The number of carbonyl (C=O) groups is 1. The van der Waals surface area contributed by atoms with Crippen molar-refractivity contribution in [1.29, 1.82) is 0 Å². The molecule has 2 rings (SSSR count). The molecule has 0 unspecified atom stereocenters. The number of nitrogens with zero attached hydrogens (tertiary/aromatic N) is 3. The maximum Gasteiger partial charge on any atom is 0.282 e. The number of nitrogens with one attached hydrogen (secondary N) is 1. The van der Waals surface area contributed by atoms with E-state index in [1.165, 1.54) is 10.7 Å². The lowest BCUT2D eigenvalue weighted by molar-refractivity contribution is -0.122. The number of halogens is 2. The zero-order valence-electron chi connectivity index (χ0n) is 12.9. The highest BCUT2D eigenvalue weighted by Crippen LogP contribution is 2.17. The molecule has 1 fully saturated rings. The van der Waals surface area contributed by atoms with Gasteiger partial charge >= 0.3 is 0 Å². The average molecular weight is 316 g/mol. The van der Waals surface area contributed by atoms with Crippen molar-refractivity contribution in [2.75, 3.05) is 32.8 Å². The molecular formula is C14H22F2N4O2. The third kappa shape index (κ3) is 4.74. The van der Waals surface area contributed by atoms with E-state index in [2.05, 4.69) is 15.3 Å². The number of morpholine rings is 1. The summed E-state index contributed by atoms with van der Waals surface area (Å²) in [5, 5.41) is 6.62. The molecule has 0 aliphatic carbocycles. The number of ether oxygens (including phenoxy) is 1. The third-order valence-corrected chi connectivity index (χ3v) is 3.56. The highest BCUT2D eigenvalue weighted by molar-refractivity contribution is 5.76. The van der Waals surface area contributed by atoms with Crippen molar-refractivity contribution in [2.24, 2.45) is 0 Å². The van der Waals surface area contributed by atoms with E-state index in [9.17, 15) is 13.6 Å². The fourth-order valence-electron chi connectivity index (χ4n) is 2.48. The predicted octanol–water partition coefficient (Wildman–Crippen LogP) is 0.966. The lowest BCUT2D eigenvalue weighted by atomic mass is 10.3. The van der Waals surface area contributed by atoms with Gasteiger partial charge in [-0.15, -0.1) is 0 Å². The molecule has 1 saturated heterocycles. The first-order valence-corrected chi connectivity index (χ1v) is 7.37. The van der Waals surface area contributed by atoms with Gasteiger partial charge in [-0.05, 0) is 19.9 Å². The van der Waals surface area contributed by atoms with Crippen molar-refractivity contribution in [3.05, 3.63) is 17.5 Å². The molecule has 1 aliphatic rings. The molecule has 22 heavy (non-hydrogen) atoms. The van der Waals surface area contributed by atoms with E-state index in [1.807, 2.05) is 6.92 Å². The standard InChI is InChI=1S/C14H22F2N4O2/c1-10(8-19-3-5-22-6-4-19)17-13(21)9-20-11(2)7-12(18-20)14(15)16/h7,10,14H,3-6,8-9H2,1-2H3,(H,17,21)/t10-/m1/s1. The van der Waals surface area contributed by atoms with Crippen LogP contribution in [0, 0.1) is 6.92 Å². The second-order valence-corrected chi connectivity index (χ2v) is 5.55. The Balaban J connectivity index is 1.81. The number of alkyl halides is 2. The topological polar surface area (TPSA) is 59.4 Å². The van der Waals surface area contributed by atoms with E-state index in [1.54, 1.807) is 6.92 Å². The van der Waals surface area contributed by atoms with Crippen LogP contribution in [-0.2, 0) is 16.1 Å². The summed E-state index contributed by atoms with van der Waals surface area (Å²) >= 11 is 0. The second-order valence-electron chi connectivity index (χ2n) is 5.55. The van der Waals surface area contributed by atoms with Crippen molar-refractivity contribution >= 4 is 5.91 Å². The van der Waals surface area contributed by atoms with Gasteiger partial charge in [-0.25, -0.2) is 8.78 Å². The third-order valence-electron chi connectivity index (χ3n) is 3.56. The summed E-state index contributed by atoms with van der Waals surface area (Å²) in [4.78, 5) is 14.2. The van der Waals surface area contributed by atoms with Gasteiger partial charge < -0.3 is 10.1 Å². The first-order valence-electron chi connectivity index (χ1n) is 7.37. The van der Waals surface area contributed by atoms with Gasteiger partial charge in [-0.1, -0.05) is 0 Å². The molecule has 0 radical (unpaired) electrons. The van der Waals surface area contributed by atoms with Gasteiger partial charge in [0.05, 0.1) is 13.2 Å². The molecule has 1 N–H and O–H groups in total. The lowest BCUT2D eigenvalue weighted by Crippen LogP contribution is -2.46. The van der Waals surface area contributed by atoms with Gasteiger partial charge in [-0.3, -0.25) is 14.4 Å². The van der Waals surface area contributed by atoms with E-state index in [-0.39, 0.29) is 24.2 Å². The Labute approximate surface area is 128 Å². The van der Waals surface area contributed by atoms with Gasteiger partial charge in [0.2, 0.25) is 5.91 Å². The minimum absolute atomic E-state index is 0.0176. The quantitative estimate of drug-likeness (QED) is 0.849. The van der Waals surface area contributed by atoms with Crippen LogP contribution in [0.25, 0.3) is 0 Å². The Morgan fingerprint density at radius 2 is 2.14 bits per heavy atom. The molecule has 2 heterocycles. The summed E-state index contributed by atoms with van der Waals surface area (Å²) in [6.45, 7) is 7.41. The van der Waals surface area contributed by atoms with Crippen LogP contribution in [0.3, 0.4) is 0 Å². The van der Waals surface area contributed by atoms with E-state index in [4.69, 9.17) is 4.74 Å². The molecule has 1 amide bonds. The molecular weight excluding hydrogens is 294 g/mol. The maximum absolute atomic E-state index is 12.6. The van der Waals surface area contributed by atoms with Crippen molar-refractivity contribution in [2.45, 2.75) is 32.9 Å². The fraction of sp³-hybridized carbons (Fsp3) is 0.714. The smallest absolute Gasteiger partial charge is 0.282 e.